The van der Waals surface area contributed by atoms with Crippen LogP contribution in [0.1, 0.15) is 5.89 Å². The summed E-state index contributed by atoms with van der Waals surface area (Å²) in [4.78, 5) is 24.5. The van der Waals surface area contributed by atoms with Gasteiger partial charge in [-0.15, -0.1) is 22.0 Å². The first kappa shape index (κ1) is 15.3. The van der Waals surface area contributed by atoms with Crippen molar-refractivity contribution in [1.82, 2.24) is 15.1 Å². The molecule has 0 aromatic carbocycles. The molecule has 4 N–H and O–H groups in total. The van der Waals surface area contributed by atoms with Crippen molar-refractivity contribution in [2.24, 2.45) is 5.73 Å². The van der Waals surface area contributed by atoms with E-state index in [0.29, 0.717) is 17.1 Å². The largest absolute Gasteiger partial charge is 0.477 e. The Labute approximate surface area is 132 Å². The Balaban J connectivity index is 1.78. The molecule has 1 saturated heterocycles. The number of carboxylic acid groups (broad SMARTS) is 1. The number of amides is 1. The lowest BCUT2D eigenvalue weighted by Crippen LogP contribution is -2.68. The number of thioether (sulfide) groups is 2. The molecule has 1 unspecified atom stereocenters. The quantitative estimate of drug-likeness (QED) is 0.460. The topological polar surface area (TPSA) is 143 Å². The maximum absolute atomic E-state index is 11.8. The van der Waals surface area contributed by atoms with Crippen LogP contribution in [0.15, 0.2) is 20.9 Å². The van der Waals surface area contributed by atoms with E-state index in [0.717, 1.165) is 11.8 Å². The molecule has 0 spiro atoms. The summed E-state index contributed by atoms with van der Waals surface area (Å²) in [6.45, 7) is -0.353. The summed E-state index contributed by atoms with van der Waals surface area (Å²) in [5, 5.41) is 25.5. The second-order valence-electron chi connectivity index (χ2n) is 4.60. The van der Waals surface area contributed by atoms with Crippen LogP contribution in [0.3, 0.4) is 0 Å². The smallest absolute Gasteiger partial charge is 0.352 e. The minimum Gasteiger partial charge on any atom is -0.477 e. The van der Waals surface area contributed by atoms with E-state index in [1.54, 1.807) is 0 Å². The second kappa shape index (κ2) is 5.91. The van der Waals surface area contributed by atoms with Crippen molar-refractivity contribution >= 4 is 35.4 Å². The maximum Gasteiger partial charge on any atom is 0.352 e. The molecule has 2 aliphatic rings. The maximum atomic E-state index is 11.8. The van der Waals surface area contributed by atoms with E-state index in [2.05, 4.69) is 10.2 Å². The fraction of sp³-hybridized carbons (Fsp3) is 0.455. The number of aliphatic hydroxyl groups excluding tert-OH is 1. The predicted molar refractivity (Wildman–Crippen MR) is 76.7 cm³/mol. The third-order valence-electron chi connectivity index (χ3n) is 3.24. The summed E-state index contributed by atoms with van der Waals surface area (Å²) in [7, 11) is 0. The van der Waals surface area contributed by atoms with Gasteiger partial charge in [-0.3, -0.25) is 9.69 Å². The van der Waals surface area contributed by atoms with Gasteiger partial charge in [0.25, 0.3) is 5.22 Å². The average Bonchev–Trinajstić information content (AvgIpc) is 2.99. The van der Waals surface area contributed by atoms with Crippen LogP contribution < -0.4 is 5.73 Å². The van der Waals surface area contributed by atoms with Crippen LogP contribution >= 0.6 is 23.5 Å². The predicted octanol–water partition coefficient (Wildman–Crippen LogP) is -0.765. The number of carbonyl (C=O) groups excluding carboxylic acids is 1. The Morgan fingerprint density at radius 1 is 1.55 bits per heavy atom. The summed E-state index contributed by atoms with van der Waals surface area (Å²) in [5.74, 6) is -0.664. The van der Waals surface area contributed by atoms with Gasteiger partial charge in [-0.25, -0.2) is 4.79 Å². The molecule has 3 heterocycles. The van der Waals surface area contributed by atoms with Gasteiger partial charge in [0.05, 0.1) is 0 Å². The van der Waals surface area contributed by atoms with Gasteiger partial charge in [0.1, 0.15) is 23.7 Å². The normalized spacial score (nSPS) is 24.3. The molecular formula is C11H12N4O5S2. The van der Waals surface area contributed by atoms with Gasteiger partial charge in [-0.1, -0.05) is 11.8 Å². The highest BCUT2D eigenvalue weighted by Crippen LogP contribution is 2.40. The number of hydrogen-bond acceptors (Lipinski definition) is 9. The second-order valence-corrected chi connectivity index (χ2v) is 6.63. The van der Waals surface area contributed by atoms with Gasteiger partial charge in [-0.05, 0) is 5.57 Å². The minimum absolute atomic E-state index is 0.00940. The number of carbonyl (C=O) groups is 2. The molecule has 0 saturated carbocycles. The molecule has 1 aromatic heterocycles. The first-order valence-corrected chi connectivity index (χ1v) is 8.28. The Bertz CT molecular complexity index is 661. The van der Waals surface area contributed by atoms with Crippen molar-refractivity contribution in [2.45, 2.75) is 23.2 Å². The molecule has 2 atom stereocenters. The van der Waals surface area contributed by atoms with Crippen molar-refractivity contribution in [3.63, 3.8) is 0 Å². The molecule has 1 aromatic rings. The van der Waals surface area contributed by atoms with E-state index in [9.17, 15) is 14.7 Å². The molecule has 0 aliphatic carbocycles. The molecule has 1 amide bonds. The molecule has 118 valence electrons. The number of rotatable bonds is 5. The van der Waals surface area contributed by atoms with Crippen molar-refractivity contribution in [2.75, 3.05) is 11.5 Å². The minimum atomic E-state index is -1.15. The Morgan fingerprint density at radius 2 is 2.32 bits per heavy atom. The Kier molecular flexibility index (Phi) is 4.12. The number of nitrogens with two attached hydrogens (primary N) is 1. The van der Waals surface area contributed by atoms with E-state index in [4.69, 9.17) is 15.3 Å². The van der Waals surface area contributed by atoms with Crippen LogP contribution in [0.25, 0.3) is 0 Å². The Hall–Kier alpha value is -1.56. The van der Waals surface area contributed by atoms with Crippen molar-refractivity contribution in [3.8, 4) is 0 Å². The molecule has 0 bridgehead atoms. The monoisotopic (exact) mass is 344 g/mol. The lowest BCUT2D eigenvalue weighted by atomic mass is 10.0. The highest BCUT2D eigenvalue weighted by molar-refractivity contribution is 8.01. The zero-order valence-corrected chi connectivity index (χ0v) is 12.8. The number of carboxylic acids is 1. The molecule has 1 fully saturated rings. The summed E-state index contributed by atoms with van der Waals surface area (Å²) in [6, 6.07) is -0.642. The van der Waals surface area contributed by atoms with Gasteiger partial charge < -0.3 is 20.4 Å². The van der Waals surface area contributed by atoms with Gasteiger partial charge in [-0.2, -0.15) is 0 Å². The molecule has 11 heteroatoms. The number of aromatic nitrogens is 2. The number of fused-ring (bicyclic) bond motifs is 1. The average molecular weight is 344 g/mol. The van der Waals surface area contributed by atoms with Gasteiger partial charge in [0.15, 0.2) is 0 Å². The number of β-lactam (4-membered cyclic amide) rings is 1. The third-order valence-corrected chi connectivity index (χ3v) is 5.51. The van der Waals surface area contributed by atoms with E-state index in [1.807, 2.05) is 0 Å². The lowest BCUT2D eigenvalue weighted by molar-refractivity contribution is -0.147. The van der Waals surface area contributed by atoms with E-state index >= 15 is 0 Å². The van der Waals surface area contributed by atoms with Crippen molar-refractivity contribution in [1.29, 1.82) is 0 Å². The highest BCUT2D eigenvalue weighted by Gasteiger charge is 2.51. The van der Waals surface area contributed by atoms with Crippen molar-refractivity contribution in [3.05, 3.63) is 17.2 Å². The summed E-state index contributed by atoms with van der Waals surface area (Å²) in [5.41, 5.74) is 6.27. The van der Waals surface area contributed by atoms with Crippen LogP contribution in [0.5, 0.6) is 0 Å². The molecule has 9 nitrogen and oxygen atoms in total. The number of aliphatic carboxylic acids is 1. The molecular weight excluding hydrogens is 332 g/mol. The van der Waals surface area contributed by atoms with Crippen molar-refractivity contribution < 1.29 is 24.2 Å². The molecule has 2 aliphatic heterocycles. The number of aliphatic hydroxyl groups is 1. The Morgan fingerprint density at radius 3 is 2.95 bits per heavy atom. The SMILES string of the molecule is NC1C(=O)N2C(C(=O)O)=C(CSc3nnc(CO)o3)CS[C@@H]12. The van der Waals surface area contributed by atoms with Crippen LogP contribution in [0.4, 0.5) is 0 Å². The van der Waals surface area contributed by atoms with Crippen LogP contribution in [-0.2, 0) is 16.2 Å². The zero-order valence-electron chi connectivity index (χ0n) is 11.1. The van der Waals surface area contributed by atoms with Gasteiger partial charge >= 0.3 is 5.97 Å². The van der Waals surface area contributed by atoms with Crippen LogP contribution in [-0.4, -0.2) is 60.1 Å². The third kappa shape index (κ3) is 2.49. The number of hydrogen-bond donors (Lipinski definition) is 3. The number of nitrogens with zero attached hydrogens (tertiary/aromatic N) is 3. The highest BCUT2D eigenvalue weighted by atomic mass is 32.2. The molecule has 0 radical (unpaired) electrons. The van der Waals surface area contributed by atoms with Gasteiger partial charge in [0.2, 0.25) is 11.8 Å². The molecule has 22 heavy (non-hydrogen) atoms. The zero-order chi connectivity index (χ0) is 15.9. The molecule has 3 rings (SSSR count). The summed E-state index contributed by atoms with van der Waals surface area (Å²) < 4.78 is 5.13. The fourth-order valence-electron chi connectivity index (χ4n) is 2.20. The lowest BCUT2D eigenvalue weighted by Gasteiger charge is -2.48. The summed E-state index contributed by atoms with van der Waals surface area (Å²) >= 11 is 2.60. The van der Waals surface area contributed by atoms with E-state index in [1.165, 1.54) is 16.7 Å². The first-order chi connectivity index (χ1) is 10.5. The first-order valence-electron chi connectivity index (χ1n) is 6.24. The summed E-state index contributed by atoms with van der Waals surface area (Å²) in [6.07, 6.45) is 0. The standard InChI is InChI=1S/C11H12N4O5S2/c12-6-8(17)15-7(10(18)19)4(2-21-9(6)15)3-22-11-14-13-5(1-16)20-11/h6,9,16H,1-3,12H2,(H,18,19)/t6?,9-/m0/s1. The van der Waals surface area contributed by atoms with Crippen LogP contribution in [0, 0.1) is 0 Å². The van der Waals surface area contributed by atoms with Gasteiger partial charge in [0, 0.05) is 11.5 Å². The van der Waals surface area contributed by atoms with E-state index < -0.39 is 12.0 Å². The van der Waals surface area contributed by atoms with E-state index in [-0.39, 0.29) is 34.7 Å². The van der Waals surface area contributed by atoms with Crippen LogP contribution in [0.2, 0.25) is 0 Å². The fourth-order valence-corrected chi connectivity index (χ4v) is 4.41.